The lowest BCUT2D eigenvalue weighted by Crippen LogP contribution is -2.56. The van der Waals surface area contributed by atoms with Crippen molar-refractivity contribution in [3.8, 4) is 6.01 Å². The highest BCUT2D eigenvalue weighted by atomic mass is 35.5. The van der Waals surface area contributed by atoms with E-state index in [1.165, 1.54) is 18.2 Å². The summed E-state index contributed by atoms with van der Waals surface area (Å²) < 4.78 is 48.4. The third kappa shape index (κ3) is 7.67. The number of piperazine rings is 1. The molecule has 2 atom stereocenters. The molecule has 0 saturated carbocycles. The molecular weight excluding hydrogens is 621 g/mol. The first-order chi connectivity index (χ1) is 22.0. The zero-order valence-corrected chi connectivity index (χ0v) is 27.2. The van der Waals surface area contributed by atoms with E-state index in [1.807, 2.05) is 25.1 Å². The van der Waals surface area contributed by atoms with Crippen molar-refractivity contribution in [3.05, 3.63) is 63.6 Å². The molecule has 248 valence electrons. The van der Waals surface area contributed by atoms with E-state index in [0.717, 1.165) is 24.9 Å². The van der Waals surface area contributed by atoms with Gasteiger partial charge in [-0.2, -0.15) is 23.1 Å². The summed E-state index contributed by atoms with van der Waals surface area (Å²) in [6, 6.07) is 4.25. The zero-order valence-electron chi connectivity index (χ0n) is 26.4. The monoisotopic (exact) mass is 660 g/mol. The molecule has 2 saturated heterocycles. The summed E-state index contributed by atoms with van der Waals surface area (Å²) in [5.41, 5.74) is 0.570. The molecule has 1 aromatic heterocycles. The van der Waals surface area contributed by atoms with E-state index in [9.17, 15) is 18.0 Å². The van der Waals surface area contributed by atoms with E-state index < -0.39 is 11.7 Å². The number of carbonyl (C=O) groups is 1. The number of alkyl halides is 3. The summed E-state index contributed by atoms with van der Waals surface area (Å²) in [5, 5.41) is -0.348. The summed E-state index contributed by atoms with van der Waals surface area (Å²) in [7, 11) is 5.89. The van der Waals surface area contributed by atoms with Gasteiger partial charge in [0.2, 0.25) is 12.5 Å². The third-order valence-corrected chi connectivity index (χ3v) is 9.13. The molecule has 0 N–H and O–H groups in total. The molecule has 3 aliphatic heterocycles. The van der Waals surface area contributed by atoms with Gasteiger partial charge < -0.3 is 34.1 Å². The Balaban J connectivity index is 1.45. The number of amides is 1. The lowest BCUT2D eigenvalue weighted by atomic mass is 10.0. The number of aromatic nitrogens is 2. The molecular formula is C32H40ClF3N8O2. The molecule has 0 spiro atoms. The second-order valence-corrected chi connectivity index (χ2v) is 12.7. The first-order valence-electron chi connectivity index (χ1n) is 15.5. The van der Waals surface area contributed by atoms with Crippen LogP contribution in [0, 0.1) is 6.57 Å². The van der Waals surface area contributed by atoms with E-state index in [-0.39, 0.29) is 47.8 Å². The lowest BCUT2D eigenvalue weighted by molar-refractivity contribution is -0.137. The fourth-order valence-electron chi connectivity index (χ4n) is 6.40. The average Bonchev–Trinajstić information content (AvgIpc) is 3.42. The summed E-state index contributed by atoms with van der Waals surface area (Å²) in [4.78, 5) is 35.9. The predicted octanol–water partition coefficient (Wildman–Crippen LogP) is 4.24. The number of fused-ring (bicyclic) bond motifs is 1. The fourth-order valence-corrected chi connectivity index (χ4v) is 6.67. The van der Waals surface area contributed by atoms with Gasteiger partial charge in [0.25, 0.3) is 0 Å². The largest absolute Gasteiger partial charge is 0.462 e. The molecule has 0 unspecified atom stereocenters. The van der Waals surface area contributed by atoms with Crippen LogP contribution in [-0.4, -0.2) is 116 Å². The quantitative estimate of drug-likeness (QED) is 0.292. The number of likely N-dealkylation sites (N-methyl/N-ethyl adjacent to an activating group) is 2. The maximum atomic E-state index is 14.1. The van der Waals surface area contributed by atoms with E-state index in [2.05, 4.69) is 21.7 Å². The first kappa shape index (κ1) is 33.8. The van der Waals surface area contributed by atoms with Gasteiger partial charge in [-0.1, -0.05) is 23.7 Å². The highest BCUT2D eigenvalue weighted by Crippen LogP contribution is 2.43. The fraction of sp³-hybridized carbons (Fsp3) is 0.562. The van der Waals surface area contributed by atoms with Crippen LogP contribution in [0.4, 0.5) is 24.7 Å². The Kier molecular flexibility index (Phi) is 10.6. The maximum absolute atomic E-state index is 14.1. The molecule has 1 aromatic carbocycles. The van der Waals surface area contributed by atoms with Crippen LogP contribution < -0.4 is 14.5 Å². The number of ether oxygens (including phenoxy) is 1. The molecule has 10 nitrogen and oxygen atoms in total. The van der Waals surface area contributed by atoms with Crippen LogP contribution in [0.15, 0.2) is 30.4 Å². The Morgan fingerprint density at radius 2 is 1.98 bits per heavy atom. The number of halogens is 4. The Bertz CT molecular complexity index is 1480. The van der Waals surface area contributed by atoms with Gasteiger partial charge in [0, 0.05) is 50.4 Å². The minimum Gasteiger partial charge on any atom is -0.462 e. The van der Waals surface area contributed by atoms with Crippen molar-refractivity contribution in [2.45, 2.75) is 44.1 Å². The summed E-state index contributed by atoms with van der Waals surface area (Å²) in [6.45, 7) is 11.4. The molecule has 2 fully saturated rings. The van der Waals surface area contributed by atoms with Crippen molar-refractivity contribution >= 4 is 29.0 Å². The highest BCUT2D eigenvalue weighted by Gasteiger charge is 2.39. The Morgan fingerprint density at radius 3 is 2.67 bits per heavy atom. The number of anilines is 2. The molecule has 0 radical (unpaired) electrons. The number of rotatable bonds is 9. The molecule has 5 rings (SSSR count). The summed E-state index contributed by atoms with van der Waals surface area (Å²) >= 11 is 6.06. The average molecular weight is 661 g/mol. The van der Waals surface area contributed by atoms with Crippen LogP contribution in [0.1, 0.15) is 29.7 Å². The molecule has 14 heteroatoms. The first-order valence-corrected chi connectivity index (χ1v) is 15.9. The molecule has 0 bridgehead atoms. The highest BCUT2D eigenvalue weighted by molar-refractivity contribution is 6.31. The SMILES string of the molecule is [C-]#[N+]C[C@H]1CN(c2nc(OC[C@H]3CCCN3C)nc3c2CCN(c2cccc(Cl)c2C(F)(F)F)C3)CCN1C(=O)/C=C/CN(C)C. The van der Waals surface area contributed by atoms with Gasteiger partial charge in [-0.25, -0.2) is 6.57 Å². The number of hydrogen-bond acceptors (Lipinski definition) is 8. The van der Waals surface area contributed by atoms with Crippen LogP contribution in [0.5, 0.6) is 6.01 Å². The van der Waals surface area contributed by atoms with Crippen molar-refractivity contribution in [3.63, 3.8) is 0 Å². The van der Waals surface area contributed by atoms with Crippen LogP contribution in [0.25, 0.3) is 4.85 Å². The summed E-state index contributed by atoms with van der Waals surface area (Å²) in [5.74, 6) is 0.508. The standard InChI is InChI=1S/C32H40ClF3N8O2/c1-37-18-23-19-43(16-17-44(23)28(45)11-7-13-40(2)3)30-24-12-15-42(27-10-5-9-25(33)29(27)32(34,35)36)20-26(24)38-31(39-30)46-21-22-8-6-14-41(22)4/h5,7,9-11,22-23H,6,8,12-21H2,2-4H3/b11-7+/t22-,23+/m1/s1. The Hall–Kier alpha value is -3.60. The molecule has 46 heavy (non-hydrogen) atoms. The van der Waals surface area contributed by atoms with E-state index in [1.54, 1.807) is 15.9 Å². The number of carbonyl (C=O) groups excluding carboxylic acids is 1. The minimum atomic E-state index is -4.62. The molecule has 2 aromatic rings. The van der Waals surface area contributed by atoms with E-state index >= 15 is 0 Å². The van der Waals surface area contributed by atoms with Crippen LogP contribution in [0.2, 0.25) is 5.02 Å². The van der Waals surface area contributed by atoms with Gasteiger partial charge in [-0.05, 0) is 59.1 Å². The number of hydrogen-bond donors (Lipinski definition) is 0. The van der Waals surface area contributed by atoms with Crippen molar-refractivity contribution < 1.29 is 22.7 Å². The van der Waals surface area contributed by atoms with Gasteiger partial charge in [-0.15, -0.1) is 0 Å². The van der Waals surface area contributed by atoms with Crippen LogP contribution >= 0.6 is 11.6 Å². The zero-order chi connectivity index (χ0) is 33.0. The molecule has 0 aliphatic carbocycles. The second kappa shape index (κ2) is 14.4. The smallest absolute Gasteiger partial charge is 0.419 e. The summed E-state index contributed by atoms with van der Waals surface area (Å²) in [6.07, 6.45) is 1.22. The van der Waals surface area contributed by atoms with Crippen molar-refractivity contribution in [2.24, 2.45) is 0 Å². The topological polar surface area (TPSA) is 72.6 Å². The second-order valence-electron chi connectivity index (χ2n) is 12.3. The van der Waals surface area contributed by atoms with Crippen LogP contribution in [0.3, 0.4) is 0 Å². The van der Waals surface area contributed by atoms with E-state index in [0.29, 0.717) is 57.3 Å². The third-order valence-electron chi connectivity index (χ3n) is 8.81. The Labute approximate surface area is 273 Å². The van der Waals surface area contributed by atoms with Gasteiger partial charge in [0.1, 0.15) is 18.5 Å². The van der Waals surface area contributed by atoms with Crippen LogP contribution in [-0.2, 0) is 23.9 Å². The van der Waals surface area contributed by atoms with E-state index in [4.69, 9.17) is 32.9 Å². The van der Waals surface area contributed by atoms with Gasteiger partial charge in [0.15, 0.2) is 0 Å². The number of likely N-dealkylation sites (tertiary alicyclic amines) is 1. The normalized spacial score (nSPS) is 20.8. The minimum absolute atomic E-state index is 0.00688. The number of benzene rings is 1. The van der Waals surface area contributed by atoms with Crippen molar-refractivity contribution in [1.82, 2.24) is 24.7 Å². The van der Waals surface area contributed by atoms with Gasteiger partial charge >= 0.3 is 12.2 Å². The lowest BCUT2D eigenvalue weighted by Gasteiger charge is -2.41. The predicted molar refractivity (Wildman–Crippen MR) is 171 cm³/mol. The maximum Gasteiger partial charge on any atom is 0.419 e. The van der Waals surface area contributed by atoms with Crippen molar-refractivity contribution in [1.29, 1.82) is 0 Å². The van der Waals surface area contributed by atoms with Crippen molar-refractivity contribution in [2.75, 3.05) is 83.4 Å². The number of nitrogens with zero attached hydrogens (tertiary/aromatic N) is 8. The van der Waals surface area contributed by atoms with Gasteiger partial charge in [0.05, 0.1) is 28.5 Å². The molecule has 3 aliphatic rings. The molecule has 1 amide bonds. The Morgan fingerprint density at radius 1 is 1.17 bits per heavy atom. The molecule has 4 heterocycles. The van der Waals surface area contributed by atoms with Gasteiger partial charge in [-0.3, -0.25) is 4.79 Å².